The third kappa shape index (κ3) is 4.67. The van der Waals surface area contributed by atoms with Gasteiger partial charge in [-0.15, -0.1) is 0 Å². The summed E-state index contributed by atoms with van der Waals surface area (Å²) in [7, 11) is 0. The number of carbonyl (C=O) groups excluding carboxylic acids is 1. The normalized spacial score (nSPS) is 13.8. The Labute approximate surface area is 194 Å². The van der Waals surface area contributed by atoms with Crippen LogP contribution in [0.25, 0.3) is 10.8 Å². The van der Waals surface area contributed by atoms with E-state index in [2.05, 4.69) is 58.4 Å². The van der Waals surface area contributed by atoms with Crippen LogP contribution >= 0.6 is 0 Å². The predicted molar refractivity (Wildman–Crippen MR) is 135 cm³/mol. The largest absolute Gasteiger partial charge is 0.368 e. The molecule has 1 amide bonds. The minimum absolute atomic E-state index is 0.0684. The maximum atomic E-state index is 12.9. The first-order valence-corrected chi connectivity index (χ1v) is 11.4. The number of carbonyl (C=O) groups is 1. The van der Waals surface area contributed by atoms with Gasteiger partial charge in [-0.3, -0.25) is 4.79 Å². The van der Waals surface area contributed by atoms with Gasteiger partial charge in [0.25, 0.3) is 5.91 Å². The van der Waals surface area contributed by atoms with Crippen molar-refractivity contribution < 1.29 is 4.79 Å². The van der Waals surface area contributed by atoms with E-state index in [4.69, 9.17) is 4.98 Å². The summed E-state index contributed by atoms with van der Waals surface area (Å²) >= 11 is 0. The molecule has 0 radical (unpaired) electrons. The van der Waals surface area contributed by atoms with E-state index in [9.17, 15) is 4.79 Å². The van der Waals surface area contributed by atoms with Crippen LogP contribution in [0.5, 0.6) is 0 Å². The standard InChI is InChI=1S/C28H28N4O/c1-21-7-9-22(10-8-21)20-30-28(33)24-12-11-23-13-14-29-27(26(23)19-24)32-17-15-31(16-18-32)25-5-3-2-4-6-25/h2-14,19H,15-18,20H2,1H3,(H,30,33). The molecule has 0 saturated carbocycles. The topological polar surface area (TPSA) is 48.5 Å². The molecule has 0 bridgehead atoms. The zero-order chi connectivity index (χ0) is 22.6. The number of aromatic nitrogens is 1. The lowest BCUT2D eigenvalue weighted by molar-refractivity contribution is 0.0951. The Hall–Kier alpha value is -3.86. The summed E-state index contributed by atoms with van der Waals surface area (Å²) in [6.07, 6.45) is 1.86. The summed E-state index contributed by atoms with van der Waals surface area (Å²) in [5.41, 5.74) is 4.22. The molecule has 0 spiro atoms. The van der Waals surface area contributed by atoms with E-state index < -0.39 is 0 Å². The molecule has 1 N–H and O–H groups in total. The van der Waals surface area contributed by atoms with E-state index >= 15 is 0 Å². The molecular weight excluding hydrogens is 408 g/mol. The Balaban J connectivity index is 1.32. The fourth-order valence-electron chi connectivity index (χ4n) is 4.35. The molecule has 33 heavy (non-hydrogen) atoms. The lowest BCUT2D eigenvalue weighted by Gasteiger charge is -2.37. The summed E-state index contributed by atoms with van der Waals surface area (Å²) in [5.74, 6) is 0.884. The zero-order valence-electron chi connectivity index (χ0n) is 18.9. The van der Waals surface area contributed by atoms with Gasteiger partial charge in [0.2, 0.25) is 0 Å². The van der Waals surface area contributed by atoms with E-state index in [-0.39, 0.29) is 5.91 Å². The Morgan fingerprint density at radius 3 is 2.36 bits per heavy atom. The Bertz CT molecular complexity index is 1250. The third-order valence-electron chi connectivity index (χ3n) is 6.28. The average Bonchev–Trinajstić information content (AvgIpc) is 2.88. The van der Waals surface area contributed by atoms with E-state index in [1.807, 2.05) is 48.7 Å². The zero-order valence-corrected chi connectivity index (χ0v) is 18.9. The van der Waals surface area contributed by atoms with E-state index in [1.54, 1.807) is 0 Å². The van der Waals surface area contributed by atoms with Crippen molar-refractivity contribution in [1.29, 1.82) is 0 Å². The molecule has 1 aromatic heterocycles. The predicted octanol–water partition coefficient (Wildman–Crippen LogP) is 4.80. The fourth-order valence-corrected chi connectivity index (χ4v) is 4.35. The Morgan fingerprint density at radius 1 is 0.879 bits per heavy atom. The molecule has 1 aliphatic rings. The Morgan fingerprint density at radius 2 is 1.61 bits per heavy atom. The minimum atomic E-state index is -0.0684. The minimum Gasteiger partial charge on any atom is -0.368 e. The van der Waals surface area contributed by atoms with E-state index in [0.717, 1.165) is 48.3 Å². The fraction of sp³-hybridized carbons (Fsp3) is 0.214. The lowest BCUT2D eigenvalue weighted by atomic mass is 10.1. The number of nitrogens with one attached hydrogen (secondary N) is 1. The van der Waals surface area contributed by atoms with Gasteiger partial charge in [0.15, 0.2) is 0 Å². The van der Waals surface area contributed by atoms with Gasteiger partial charge in [-0.25, -0.2) is 4.98 Å². The number of nitrogens with zero attached hydrogens (tertiary/aromatic N) is 3. The van der Waals surface area contributed by atoms with Gasteiger partial charge in [-0.2, -0.15) is 0 Å². The van der Waals surface area contributed by atoms with Crippen molar-refractivity contribution in [2.24, 2.45) is 0 Å². The number of rotatable bonds is 5. The molecular formula is C28H28N4O. The van der Waals surface area contributed by atoms with Crippen molar-refractivity contribution in [2.45, 2.75) is 13.5 Å². The molecule has 0 unspecified atom stereocenters. The molecule has 2 heterocycles. The number of anilines is 2. The van der Waals surface area contributed by atoms with E-state index in [1.165, 1.54) is 11.3 Å². The smallest absolute Gasteiger partial charge is 0.251 e. The van der Waals surface area contributed by atoms with Crippen molar-refractivity contribution in [3.05, 3.63) is 102 Å². The summed E-state index contributed by atoms with van der Waals surface area (Å²) in [6, 6.07) is 26.7. The molecule has 3 aromatic carbocycles. The second kappa shape index (κ2) is 9.33. The first kappa shape index (κ1) is 21.0. The van der Waals surface area contributed by atoms with Gasteiger partial charge in [-0.1, -0.05) is 54.1 Å². The van der Waals surface area contributed by atoms with Crippen LogP contribution in [0.3, 0.4) is 0 Å². The summed E-state index contributed by atoms with van der Waals surface area (Å²) in [4.78, 5) is 22.3. The van der Waals surface area contributed by atoms with Crippen molar-refractivity contribution in [3.8, 4) is 0 Å². The van der Waals surface area contributed by atoms with Gasteiger partial charge in [0.05, 0.1) is 0 Å². The maximum Gasteiger partial charge on any atom is 0.251 e. The number of para-hydroxylation sites is 1. The molecule has 5 rings (SSSR count). The highest BCUT2D eigenvalue weighted by atomic mass is 16.1. The highest BCUT2D eigenvalue weighted by Gasteiger charge is 2.20. The van der Waals surface area contributed by atoms with Crippen LogP contribution in [0.15, 0.2) is 85.1 Å². The average molecular weight is 437 g/mol. The summed E-state index contributed by atoms with van der Waals surface area (Å²) in [5, 5.41) is 5.16. The van der Waals surface area contributed by atoms with Gasteiger partial charge in [0, 0.05) is 55.6 Å². The van der Waals surface area contributed by atoms with Crippen LogP contribution in [0.2, 0.25) is 0 Å². The molecule has 1 aliphatic heterocycles. The van der Waals surface area contributed by atoms with Crippen molar-refractivity contribution in [2.75, 3.05) is 36.0 Å². The number of piperazine rings is 1. The molecule has 5 nitrogen and oxygen atoms in total. The maximum absolute atomic E-state index is 12.9. The third-order valence-corrected chi connectivity index (χ3v) is 6.28. The molecule has 166 valence electrons. The lowest BCUT2D eigenvalue weighted by Crippen LogP contribution is -2.46. The van der Waals surface area contributed by atoms with Crippen molar-refractivity contribution >= 4 is 28.2 Å². The molecule has 4 aromatic rings. The number of amides is 1. The number of hydrogen-bond acceptors (Lipinski definition) is 4. The highest BCUT2D eigenvalue weighted by Crippen LogP contribution is 2.27. The monoisotopic (exact) mass is 436 g/mol. The van der Waals surface area contributed by atoms with Gasteiger partial charge in [0.1, 0.15) is 5.82 Å². The van der Waals surface area contributed by atoms with Crippen LogP contribution in [-0.4, -0.2) is 37.1 Å². The molecule has 1 fully saturated rings. The van der Waals surface area contributed by atoms with Crippen LogP contribution in [0, 0.1) is 6.92 Å². The van der Waals surface area contributed by atoms with Crippen LogP contribution in [0.1, 0.15) is 21.5 Å². The second-order valence-corrected chi connectivity index (χ2v) is 8.55. The number of hydrogen-bond donors (Lipinski definition) is 1. The SMILES string of the molecule is Cc1ccc(CNC(=O)c2ccc3ccnc(N4CCN(c5ccccc5)CC4)c3c2)cc1. The first-order chi connectivity index (χ1) is 16.2. The van der Waals surface area contributed by atoms with Gasteiger partial charge in [-0.05, 0) is 48.2 Å². The number of benzene rings is 3. The van der Waals surface area contributed by atoms with Crippen LogP contribution < -0.4 is 15.1 Å². The van der Waals surface area contributed by atoms with Gasteiger partial charge < -0.3 is 15.1 Å². The van der Waals surface area contributed by atoms with Crippen LogP contribution in [0.4, 0.5) is 11.5 Å². The highest BCUT2D eigenvalue weighted by molar-refractivity contribution is 6.01. The number of pyridine rings is 1. The second-order valence-electron chi connectivity index (χ2n) is 8.55. The van der Waals surface area contributed by atoms with Crippen molar-refractivity contribution in [3.63, 3.8) is 0 Å². The molecule has 0 aliphatic carbocycles. The Kier molecular flexibility index (Phi) is 5.94. The van der Waals surface area contributed by atoms with E-state index in [0.29, 0.717) is 12.1 Å². The molecule has 0 atom stereocenters. The van der Waals surface area contributed by atoms with Crippen LogP contribution in [-0.2, 0) is 6.54 Å². The number of aryl methyl sites for hydroxylation is 1. The molecule has 1 saturated heterocycles. The van der Waals surface area contributed by atoms with Gasteiger partial charge >= 0.3 is 0 Å². The summed E-state index contributed by atoms with van der Waals surface area (Å²) < 4.78 is 0. The van der Waals surface area contributed by atoms with Crippen molar-refractivity contribution in [1.82, 2.24) is 10.3 Å². The first-order valence-electron chi connectivity index (χ1n) is 11.4. The molecule has 5 heteroatoms. The quantitative estimate of drug-likeness (QED) is 0.488. The summed E-state index contributed by atoms with van der Waals surface area (Å²) in [6.45, 7) is 6.25. The number of fused-ring (bicyclic) bond motifs is 1.